The van der Waals surface area contributed by atoms with Gasteiger partial charge in [-0.15, -0.1) is 0 Å². The van der Waals surface area contributed by atoms with Crippen molar-refractivity contribution in [3.8, 4) is 5.75 Å². The SMILES string of the molecule is COc1cccc(C)c1C[C@@H](N)C(=O)O. The van der Waals surface area contributed by atoms with Crippen LogP contribution in [0.25, 0.3) is 0 Å². The van der Waals surface area contributed by atoms with Crippen LogP contribution in [0.4, 0.5) is 0 Å². The summed E-state index contributed by atoms with van der Waals surface area (Å²) in [5.74, 6) is -0.313. The van der Waals surface area contributed by atoms with Crippen LogP contribution in [-0.4, -0.2) is 24.2 Å². The molecule has 1 rings (SSSR count). The Bertz CT molecular complexity index is 363. The number of hydrogen-bond acceptors (Lipinski definition) is 3. The van der Waals surface area contributed by atoms with Gasteiger partial charge in [0.1, 0.15) is 11.8 Å². The fourth-order valence-corrected chi connectivity index (χ4v) is 1.44. The second-order valence-electron chi connectivity index (χ2n) is 3.40. The molecule has 0 unspecified atom stereocenters. The molecule has 4 heteroatoms. The first-order chi connectivity index (χ1) is 7.06. The smallest absolute Gasteiger partial charge is 0.320 e. The molecule has 1 atom stereocenters. The first kappa shape index (κ1) is 11.5. The number of carboxylic acids is 1. The molecule has 1 aromatic rings. The zero-order valence-electron chi connectivity index (χ0n) is 8.86. The van der Waals surface area contributed by atoms with E-state index in [1.807, 2.05) is 19.1 Å². The lowest BCUT2D eigenvalue weighted by Gasteiger charge is -2.13. The Labute approximate surface area is 88.7 Å². The highest BCUT2D eigenvalue weighted by Gasteiger charge is 2.16. The lowest BCUT2D eigenvalue weighted by Crippen LogP contribution is -2.32. The summed E-state index contributed by atoms with van der Waals surface area (Å²) >= 11 is 0. The van der Waals surface area contributed by atoms with Crippen molar-refractivity contribution in [3.63, 3.8) is 0 Å². The highest BCUT2D eigenvalue weighted by atomic mass is 16.5. The number of benzene rings is 1. The average Bonchev–Trinajstić information content (AvgIpc) is 2.20. The molecule has 4 nitrogen and oxygen atoms in total. The number of nitrogens with two attached hydrogens (primary N) is 1. The molecular weight excluding hydrogens is 194 g/mol. The van der Waals surface area contributed by atoms with Crippen LogP contribution < -0.4 is 10.5 Å². The summed E-state index contributed by atoms with van der Waals surface area (Å²) < 4.78 is 5.16. The monoisotopic (exact) mass is 209 g/mol. The van der Waals surface area contributed by atoms with Gasteiger partial charge < -0.3 is 15.6 Å². The van der Waals surface area contributed by atoms with E-state index in [1.165, 1.54) is 0 Å². The number of hydrogen-bond donors (Lipinski definition) is 2. The maximum atomic E-state index is 10.6. The minimum atomic E-state index is -1.000. The number of aryl methyl sites for hydroxylation is 1. The maximum absolute atomic E-state index is 10.6. The van der Waals surface area contributed by atoms with Crippen LogP contribution in [0.3, 0.4) is 0 Å². The lowest BCUT2D eigenvalue weighted by atomic mass is 10.0. The van der Waals surface area contributed by atoms with E-state index in [0.717, 1.165) is 11.1 Å². The van der Waals surface area contributed by atoms with E-state index < -0.39 is 12.0 Å². The zero-order chi connectivity index (χ0) is 11.4. The van der Waals surface area contributed by atoms with Gasteiger partial charge in [-0.3, -0.25) is 4.79 Å². The second-order valence-corrected chi connectivity index (χ2v) is 3.40. The molecule has 0 saturated carbocycles. The normalized spacial score (nSPS) is 12.2. The third-order valence-corrected chi connectivity index (χ3v) is 2.33. The van der Waals surface area contributed by atoms with Crippen LogP contribution in [0.15, 0.2) is 18.2 Å². The molecule has 0 radical (unpaired) electrons. The van der Waals surface area contributed by atoms with Crippen molar-refractivity contribution in [1.82, 2.24) is 0 Å². The Kier molecular flexibility index (Phi) is 3.68. The summed E-state index contributed by atoms with van der Waals surface area (Å²) in [6.07, 6.45) is 0.283. The Balaban J connectivity index is 2.97. The standard InChI is InChI=1S/C11H15NO3/c1-7-4-3-5-10(15-2)8(7)6-9(12)11(13)14/h3-5,9H,6,12H2,1-2H3,(H,13,14)/t9-/m1/s1. The van der Waals surface area contributed by atoms with Crippen molar-refractivity contribution in [2.45, 2.75) is 19.4 Å². The van der Waals surface area contributed by atoms with E-state index in [4.69, 9.17) is 15.6 Å². The van der Waals surface area contributed by atoms with Crippen LogP contribution in [0.2, 0.25) is 0 Å². The predicted octanol–water partition coefficient (Wildman–Crippen LogP) is 0.958. The highest BCUT2D eigenvalue weighted by Crippen LogP contribution is 2.22. The molecule has 1 aromatic carbocycles. The van der Waals surface area contributed by atoms with Crippen LogP contribution in [-0.2, 0) is 11.2 Å². The highest BCUT2D eigenvalue weighted by molar-refractivity contribution is 5.73. The van der Waals surface area contributed by atoms with Gasteiger partial charge in [0.2, 0.25) is 0 Å². The molecule has 82 valence electrons. The number of carbonyl (C=O) groups is 1. The molecular formula is C11H15NO3. The van der Waals surface area contributed by atoms with E-state index in [1.54, 1.807) is 13.2 Å². The summed E-state index contributed by atoms with van der Waals surface area (Å²) in [7, 11) is 1.56. The molecule has 0 fully saturated rings. The first-order valence-corrected chi connectivity index (χ1v) is 4.67. The van der Waals surface area contributed by atoms with Gasteiger partial charge in [-0.05, 0) is 24.1 Å². The van der Waals surface area contributed by atoms with Crippen molar-refractivity contribution in [2.75, 3.05) is 7.11 Å². The Hall–Kier alpha value is -1.55. The van der Waals surface area contributed by atoms with Gasteiger partial charge in [-0.1, -0.05) is 12.1 Å². The van der Waals surface area contributed by atoms with Crippen molar-refractivity contribution >= 4 is 5.97 Å². The van der Waals surface area contributed by atoms with Gasteiger partial charge in [0.05, 0.1) is 7.11 Å². The van der Waals surface area contributed by atoms with E-state index in [2.05, 4.69) is 0 Å². The van der Waals surface area contributed by atoms with Crippen molar-refractivity contribution in [3.05, 3.63) is 29.3 Å². The van der Waals surface area contributed by atoms with Crippen LogP contribution >= 0.6 is 0 Å². The van der Waals surface area contributed by atoms with E-state index in [0.29, 0.717) is 5.75 Å². The van der Waals surface area contributed by atoms with Gasteiger partial charge >= 0.3 is 5.97 Å². The fourth-order valence-electron chi connectivity index (χ4n) is 1.44. The molecule has 0 saturated heterocycles. The van der Waals surface area contributed by atoms with Crippen molar-refractivity contribution < 1.29 is 14.6 Å². The van der Waals surface area contributed by atoms with E-state index in [9.17, 15) is 4.79 Å². The summed E-state index contributed by atoms with van der Waals surface area (Å²) in [4.78, 5) is 10.6. The molecule has 0 bridgehead atoms. The molecule has 0 aromatic heterocycles. The average molecular weight is 209 g/mol. The maximum Gasteiger partial charge on any atom is 0.320 e. The molecule has 0 aliphatic carbocycles. The van der Waals surface area contributed by atoms with Crippen molar-refractivity contribution in [2.24, 2.45) is 5.73 Å². The molecule has 0 aliphatic heterocycles. The van der Waals surface area contributed by atoms with E-state index in [-0.39, 0.29) is 6.42 Å². The Morgan fingerprint density at radius 1 is 1.60 bits per heavy atom. The Morgan fingerprint density at radius 2 is 2.27 bits per heavy atom. The van der Waals surface area contributed by atoms with Gasteiger partial charge in [0, 0.05) is 6.42 Å². The number of methoxy groups -OCH3 is 1. The molecule has 0 heterocycles. The number of carboxylic acid groups (broad SMARTS) is 1. The minimum Gasteiger partial charge on any atom is -0.496 e. The molecule has 0 spiro atoms. The zero-order valence-corrected chi connectivity index (χ0v) is 8.86. The van der Waals surface area contributed by atoms with Gasteiger partial charge in [0.25, 0.3) is 0 Å². The first-order valence-electron chi connectivity index (χ1n) is 4.67. The number of rotatable bonds is 4. The molecule has 0 amide bonds. The van der Waals surface area contributed by atoms with Crippen molar-refractivity contribution in [1.29, 1.82) is 0 Å². The van der Waals surface area contributed by atoms with Gasteiger partial charge in [-0.2, -0.15) is 0 Å². The second kappa shape index (κ2) is 4.79. The largest absolute Gasteiger partial charge is 0.496 e. The number of ether oxygens (including phenoxy) is 1. The number of aliphatic carboxylic acids is 1. The van der Waals surface area contributed by atoms with Crippen LogP contribution in [0.5, 0.6) is 5.75 Å². The summed E-state index contributed by atoms with van der Waals surface area (Å²) in [6.45, 7) is 1.91. The lowest BCUT2D eigenvalue weighted by molar-refractivity contribution is -0.138. The fraction of sp³-hybridized carbons (Fsp3) is 0.364. The van der Waals surface area contributed by atoms with Crippen LogP contribution in [0, 0.1) is 6.92 Å². The summed E-state index contributed by atoms with van der Waals surface area (Å²) in [6, 6.07) is 4.69. The molecule has 15 heavy (non-hydrogen) atoms. The minimum absolute atomic E-state index is 0.283. The molecule has 3 N–H and O–H groups in total. The predicted molar refractivity (Wildman–Crippen MR) is 57.0 cm³/mol. The van der Waals surface area contributed by atoms with Gasteiger partial charge in [-0.25, -0.2) is 0 Å². The van der Waals surface area contributed by atoms with Crippen LogP contribution in [0.1, 0.15) is 11.1 Å². The summed E-state index contributed by atoms with van der Waals surface area (Å²) in [5, 5.41) is 8.73. The quantitative estimate of drug-likeness (QED) is 0.774. The topological polar surface area (TPSA) is 72.5 Å². The van der Waals surface area contributed by atoms with Gasteiger partial charge in [0.15, 0.2) is 0 Å². The third-order valence-electron chi connectivity index (χ3n) is 2.33. The third kappa shape index (κ3) is 2.70. The van der Waals surface area contributed by atoms with E-state index >= 15 is 0 Å². The summed E-state index contributed by atoms with van der Waals surface area (Å²) in [5.41, 5.74) is 7.33. The Morgan fingerprint density at radius 3 is 2.80 bits per heavy atom. The molecule has 0 aliphatic rings.